The summed E-state index contributed by atoms with van der Waals surface area (Å²) >= 11 is 2.16. The van der Waals surface area contributed by atoms with Gasteiger partial charge in [-0.05, 0) is 57.1 Å². The van der Waals surface area contributed by atoms with Gasteiger partial charge in [-0.15, -0.1) is 0 Å². The minimum Gasteiger partial charge on any atom is -0.317 e. The molecule has 0 aromatic rings. The molecule has 1 N–H and O–H groups in total. The molecule has 0 saturated carbocycles. The summed E-state index contributed by atoms with van der Waals surface area (Å²) in [6.45, 7) is 9.65. The second-order valence-electron chi connectivity index (χ2n) is 5.22. The van der Waals surface area contributed by atoms with Crippen LogP contribution in [-0.2, 0) is 0 Å². The van der Waals surface area contributed by atoms with Gasteiger partial charge in [0.2, 0.25) is 0 Å². The Balaban J connectivity index is 1.72. The van der Waals surface area contributed by atoms with Gasteiger partial charge in [-0.25, -0.2) is 0 Å². The zero-order chi connectivity index (χ0) is 11.4. The molecule has 0 aliphatic carbocycles. The Kier molecular flexibility index (Phi) is 4.98. The Labute approximate surface area is 105 Å². The molecular formula is C13H26N2S. The van der Waals surface area contributed by atoms with Crippen LogP contribution in [0.25, 0.3) is 0 Å². The molecule has 2 fully saturated rings. The van der Waals surface area contributed by atoms with Crippen molar-refractivity contribution in [2.75, 3.05) is 31.9 Å². The quantitative estimate of drug-likeness (QED) is 0.814. The van der Waals surface area contributed by atoms with Crippen molar-refractivity contribution in [2.24, 2.45) is 5.92 Å². The fourth-order valence-electron chi connectivity index (χ4n) is 3.04. The number of likely N-dealkylation sites (tertiary alicyclic amines) is 1. The number of hydrogen-bond donors (Lipinski definition) is 1. The summed E-state index contributed by atoms with van der Waals surface area (Å²) < 4.78 is 0. The summed E-state index contributed by atoms with van der Waals surface area (Å²) in [6, 6.07) is 0.880. The SMILES string of the molecule is CCNCC1CCN(C2CCSC2C)CC1. The van der Waals surface area contributed by atoms with Gasteiger partial charge in [0.15, 0.2) is 0 Å². The van der Waals surface area contributed by atoms with Crippen molar-refractivity contribution in [3.05, 3.63) is 0 Å². The van der Waals surface area contributed by atoms with Gasteiger partial charge in [0.1, 0.15) is 0 Å². The van der Waals surface area contributed by atoms with Crippen molar-refractivity contribution in [2.45, 2.75) is 44.4 Å². The van der Waals surface area contributed by atoms with Crippen molar-refractivity contribution in [3.63, 3.8) is 0 Å². The zero-order valence-corrected chi connectivity index (χ0v) is 11.6. The second-order valence-corrected chi connectivity index (χ2v) is 6.70. The highest BCUT2D eigenvalue weighted by atomic mass is 32.2. The monoisotopic (exact) mass is 242 g/mol. The highest BCUT2D eigenvalue weighted by Crippen LogP contribution is 2.32. The van der Waals surface area contributed by atoms with Crippen LogP contribution < -0.4 is 5.32 Å². The third-order valence-electron chi connectivity index (χ3n) is 4.14. The Bertz CT molecular complexity index is 202. The van der Waals surface area contributed by atoms with Crippen molar-refractivity contribution in [3.8, 4) is 0 Å². The van der Waals surface area contributed by atoms with E-state index in [4.69, 9.17) is 0 Å². The average molecular weight is 242 g/mol. The Morgan fingerprint density at radius 1 is 1.25 bits per heavy atom. The third kappa shape index (κ3) is 3.14. The summed E-state index contributed by atoms with van der Waals surface area (Å²) in [4.78, 5) is 2.76. The van der Waals surface area contributed by atoms with E-state index in [0.717, 1.165) is 23.8 Å². The molecule has 2 heterocycles. The van der Waals surface area contributed by atoms with Crippen molar-refractivity contribution in [1.82, 2.24) is 10.2 Å². The number of thioether (sulfide) groups is 1. The molecule has 0 amide bonds. The second kappa shape index (κ2) is 6.27. The van der Waals surface area contributed by atoms with E-state index in [2.05, 4.69) is 35.8 Å². The Morgan fingerprint density at radius 2 is 2.00 bits per heavy atom. The van der Waals surface area contributed by atoms with E-state index < -0.39 is 0 Å². The number of rotatable bonds is 4. The van der Waals surface area contributed by atoms with Gasteiger partial charge in [-0.3, -0.25) is 4.90 Å². The van der Waals surface area contributed by atoms with E-state index in [-0.39, 0.29) is 0 Å². The van der Waals surface area contributed by atoms with Gasteiger partial charge >= 0.3 is 0 Å². The van der Waals surface area contributed by atoms with Crippen molar-refractivity contribution < 1.29 is 0 Å². The molecule has 2 nitrogen and oxygen atoms in total. The number of piperidine rings is 1. The van der Waals surface area contributed by atoms with Crippen LogP contribution in [0.15, 0.2) is 0 Å². The predicted octanol–water partition coefficient (Wildman–Crippen LogP) is 2.20. The minimum absolute atomic E-state index is 0.866. The molecule has 0 aromatic heterocycles. The lowest BCUT2D eigenvalue weighted by Crippen LogP contribution is -2.45. The maximum Gasteiger partial charge on any atom is 0.0219 e. The molecule has 3 heteroatoms. The van der Waals surface area contributed by atoms with E-state index in [1.54, 1.807) is 0 Å². The predicted molar refractivity (Wildman–Crippen MR) is 73.2 cm³/mol. The van der Waals surface area contributed by atoms with Crippen LogP contribution in [0.1, 0.15) is 33.1 Å². The highest BCUT2D eigenvalue weighted by Gasteiger charge is 2.31. The van der Waals surface area contributed by atoms with Gasteiger partial charge in [0, 0.05) is 11.3 Å². The lowest BCUT2D eigenvalue weighted by atomic mass is 9.94. The number of nitrogens with zero attached hydrogens (tertiary/aromatic N) is 1. The van der Waals surface area contributed by atoms with Crippen LogP contribution >= 0.6 is 11.8 Å². The van der Waals surface area contributed by atoms with E-state index in [1.165, 1.54) is 44.6 Å². The normalized spacial score (nSPS) is 33.4. The first-order chi connectivity index (χ1) is 7.81. The zero-order valence-electron chi connectivity index (χ0n) is 10.7. The summed E-state index contributed by atoms with van der Waals surface area (Å²) in [5, 5.41) is 4.35. The third-order valence-corrected chi connectivity index (χ3v) is 5.45. The summed E-state index contributed by atoms with van der Waals surface area (Å²) in [5.41, 5.74) is 0. The van der Waals surface area contributed by atoms with Crippen LogP contribution in [0, 0.1) is 5.92 Å². The summed E-state index contributed by atoms with van der Waals surface area (Å²) in [7, 11) is 0. The topological polar surface area (TPSA) is 15.3 Å². The first-order valence-electron chi connectivity index (χ1n) is 6.87. The molecular weight excluding hydrogens is 216 g/mol. The van der Waals surface area contributed by atoms with Gasteiger partial charge in [-0.1, -0.05) is 13.8 Å². The van der Waals surface area contributed by atoms with Gasteiger partial charge < -0.3 is 5.32 Å². The molecule has 0 radical (unpaired) electrons. The van der Waals surface area contributed by atoms with E-state index in [9.17, 15) is 0 Å². The average Bonchev–Trinajstić information content (AvgIpc) is 2.74. The first kappa shape index (κ1) is 12.7. The van der Waals surface area contributed by atoms with Crippen LogP contribution in [0.2, 0.25) is 0 Å². The number of nitrogens with one attached hydrogen (secondary N) is 1. The number of hydrogen-bond acceptors (Lipinski definition) is 3. The standard InChI is InChI=1S/C13H26N2S/c1-3-14-10-12-4-7-15(8-5-12)13-6-9-16-11(13)2/h11-14H,3-10H2,1-2H3. The van der Waals surface area contributed by atoms with Crippen LogP contribution in [0.3, 0.4) is 0 Å². The molecule has 94 valence electrons. The first-order valence-corrected chi connectivity index (χ1v) is 7.92. The van der Waals surface area contributed by atoms with Gasteiger partial charge in [0.25, 0.3) is 0 Å². The Morgan fingerprint density at radius 3 is 2.56 bits per heavy atom. The lowest BCUT2D eigenvalue weighted by Gasteiger charge is -2.37. The van der Waals surface area contributed by atoms with E-state index in [1.807, 2.05) is 0 Å². The molecule has 0 spiro atoms. The fraction of sp³-hybridized carbons (Fsp3) is 1.00. The molecule has 2 rings (SSSR count). The molecule has 16 heavy (non-hydrogen) atoms. The summed E-state index contributed by atoms with van der Waals surface area (Å²) in [6.07, 6.45) is 4.23. The summed E-state index contributed by atoms with van der Waals surface area (Å²) in [5.74, 6) is 2.31. The molecule has 2 aliphatic rings. The highest BCUT2D eigenvalue weighted by molar-refractivity contribution is 8.00. The minimum atomic E-state index is 0.866. The maximum atomic E-state index is 3.49. The largest absolute Gasteiger partial charge is 0.317 e. The molecule has 2 aliphatic heterocycles. The molecule has 2 unspecified atom stereocenters. The maximum absolute atomic E-state index is 3.49. The van der Waals surface area contributed by atoms with Crippen LogP contribution in [0.4, 0.5) is 0 Å². The fourth-order valence-corrected chi connectivity index (χ4v) is 4.32. The molecule has 0 aromatic carbocycles. The Hall–Kier alpha value is 0.270. The lowest BCUT2D eigenvalue weighted by molar-refractivity contribution is 0.132. The van der Waals surface area contributed by atoms with Crippen molar-refractivity contribution >= 4 is 11.8 Å². The molecule has 2 atom stereocenters. The van der Waals surface area contributed by atoms with E-state index >= 15 is 0 Å². The van der Waals surface area contributed by atoms with Crippen molar-refractivity contribution in [1.29, 1.82) is 0 Å². The van der Waals surface area contributed by atoms with Gasteiger partial charge in [0.05, 0.1) is 0 Å². The molecule has 2 saturated heterocycles. The molecule has 0 bridgehead atoms. The van der Waals surface area contributed by atoms with Crippen LogP contribution in [0.5, 0.6) is 0 Å². The van der Waals surface area contributed by atoms with Crippen LogP contribution in [-0.4, -0.2) is 48.1 Å². The van der Waals surface area contributed by atoms with Gasteiger partial charge in [-0.2, -0.15) is 11.8 Å². The van der Waals surface area contributed by atoms with E-state index in [0.29, 0.717) is 0 Å². The smallest absolute Gasteiger partial charge is 0.0219 e.